The highest BCUT2D eigenvalue weighted by Gasteiger charge is 2.32. The molecule has 3 heterocycles. The number of halogens is 3. The van der Waals surface area contributed by atoms with Gasteiger partial charge in [0.25, 0.3) is 5.91 Å². The number of pyridine rings is 2. The second kappa shape index (κ2) is 10.2. The lowest BCUT2D eigenvalue weighted by Crippen LogP contribution is -2.40. The number of alkyl halides is 3. The molecule has 1 aliphatic heterocycles. The Morgan fingerprint density at radius 1 is 1.11 bits per heavy atom. The van der Waals surface area contributed by atoms with Crippen LogP contribution in [0.2, 0.25) is 0 Å². The number of nitrogen functional groups attached to an aromatic ring is 2. The van der Waals surface area contributed by atoms with Crippen LogP contribution in [-0.2, 0) is 17.5 Å². The number of amides is 1. The summed E-state index contributed by atoms with van der Waals surface area (Å²) in [6, 6.07) is 9.72. The van der Waals surface area contributed by atoms with Gasteiger partial charge in [-0.25, -0.2) is 9.97 Å². The molecular weight excluding hydrogens is 475 g/mol. The van der Waals surface area contributed by atoms with Crippen molar-refractivity contribution in [2.45, 2.75) is 25.2 Å². The molecule has 4 rings (SSSR count). The fourth-order valence-electron chi connectivity index (χ4n) is 3.53. The van der Waals surface area contributed by atoms with Gasteiger partial charge in [0, 0.05) is 37.7 Å². The third-order valence-electron chi connectivity index (χ3n) is 5.70. The van der Waals surface area contributed by atoms with Crippen LogP contribution in [0.25, 0.3) is 11.1 Å². The van der Waals surface area contributed by atoms with Gasteiger partial charge in [0.1, 0.15) is 17.5 Å². The number of nitrogens with zero attached hydrogens (tertiary/aromatic N) is 2. The van der Waals surface area contributed by atoms with Crippen LogP contribution in [0, 0.1) is 5.41 Å². The molecule has 36 heavy (non-hydrogen) atoms. The predicted molar refractivity (Wildman–Crippen MR) is 128 cm³/mol. The molecule has 12 heteroatoms. The monoisotopic (exact) mass is 499 g/mol. The maximum atomic E-state index is 13.2. The Labute approximate surface area is 204 Å². The van der Waals surface area contributed by atoms with Crippen LogP contribution >= 0.6 is 0 Å². The molecule has 0 radical (unpaired) electrons. The summed E-state index contributed by atoms with van der Waals surface area (Å²) in [6.45, 7) is 1.02. The van der Waals surface area contributed by atoms with E-state index in [-0.39, 0.29) is 42.2 Å². The summed E-state index contributed by atoms with van der Waals surface area (Å²) in [4.78, 5) is 20.6. The van der Waals surface area contributed by atoms with Crippen molar-refractivity contribution < 1.29 is 22.7 Å². The lowest BCUT2D eigenvalue weighted by Gasteiger charge is -2.26. The van der Waals surface area contributed by atoms with Crippen LogP contribution in [0.3, 0.4) is 0 Å². The third-order valence-corrected chi connectivity index (χ3v) is 5.70. The molecule has 2 aromatic heterocycles. The van der Waals surface area contributed by atoms with Gasteiger partial charge in [-0.3, -0.25) is 10.2 Å². The molecule has 7 N–H and O–H groups in total. The minimum absolute atomic E-state index is 0.0351. The molecule has 1 aromatic carbocycles. The van der Waals surface area contributed by atoms with E-state index in [2.05, 4.69) is 20.6 Å². The normalized spacial score (nSPS) is 15.1. The molecule has 9 nitrogen and oxygen atoms in total. The Hall–Kier alpha value is -4.19. The standard InChI is InChI=1S/C24H24F3N7O2/c25-24(26,27)16-8-19(23(35)34-12-17-5-6-36-17)22(33-11-16)32-9-13-1-3-14(4-2-13)15-7-18(20(28)29)21(30)31-10-15/h1-4,7-8,10-11,17H,5-6,9,12H2,(H3,28,29)(H2,30,31)(H,32,33)(H,34,35). The average Bonchev–Trinajstić information content (AvgIpc) is 2.81. The topological polar surface area (TPSA) is 152 Å². The minimum atomic E-state index is -4.63. The van der Waals surface area contributed by atoms with Crippen molar-refractivity contribution in [3.05, 3.63) is 71.0 Å². The Morgan fingerprint density at radius 3 is 2.44 bits per heavy atom. The molecule has 0 spiro atoms. The Bertz CT molecular complexity index is 1280. The molecule has 0 saturated carbocycles. The van der Waals surface area contributed by atoms with Gasteiger partial charge in [0.05, 0.1) is 22.8 Å². The summed E-state index contributed by atoms with van der Waals surface area (Å²) in [6.07, 6.45) is -1.72. The number of hydrogen-bond acceptors (Lipinski definition) is 7. The molecule has 0 bridgehead atoms. The molecule has 1 amide bonds. The number of rotatable bonds is 8. The van der Waals surface area contributed by atoms with Crippen molar-refractivity contribution >= 4 is 23.4 Å². The third kappa shape index (κ3) is 5.71. The van der Waals surface area contributed by atoms with E-state index in [1.54, 1.807) is 12.3 Å². The molecule has 1 unspecified atom stereocenters. The van der Waals surface area contributed by atoms with E-state index in [4.69, 9.17) is 21.6 Å². The van der Waals surface area contributed by atoms with Crippen molar-refractivity contribution in [1.82, 2.24) is 15.3 Å². The molecule has 1 saturated heterocycles. The van der Waals surface area contributed by atoms with E-state index in [9.17, 15) is 18.0 Å². The van der Waals surface area contributed by atoms with Crippen molar-refractivity contribution in [2.24, 2.45) is 5.73 Å². The Morgan fingerprint density at radius 2 is 1.83 bits per heavy atom. The quantitative estimate of drug-likeness (QED) is 0.236. The molecule has 1 atom stereocenters. The second-order valence-corrected chi connectivity index (χ2v) is 8.23. The van der Waals surface area contributed by atoms with E-state index < -0.39 is 17.6 Å². The number of nitrogens with two attached hydrogens (primary N) is 2. The predicted octanol–water partition coefficient (Wildman–Crippen LogP) is 3.16. The Balaban J connectivity index is 1.49. The summed E-state index contributed by atoms with van der Waals surface area (Å²) in [5.74, 6) is -0.657. The number of carbonyl (C=O) groups excluding carboxylic acids is 1. The maximum absolute atomic E-state index is 13.2. The SMILES string of the molecule is N=C(N)c1cc(-c2ccc(CNc3ncc(C(F)(F)F)cc3C(=O)NCC3CCO3)cc2)cnc1N. The van der Waals surface area contributed by atoms with Gasteiger partial charge in [-0.2, -0.15) is 13.2 Å². The zero-order valence-electron chi connectivity index (χ0n) is 19.0. The van der Waals surface area contributed by atoms with E-state index in [1.165, 1.54) is 0 Å². The summed E-state index contributed by atoms with van der Waals surface area (Å²) in [5.41, 5.74) is 12.7. The van der Waals surface area contributed by atoms with Crippen molar-refractivity contribution in [3.63, 3.8) is 0 Å². The van der Waals surface area contributed by atoms with Gasteiger partial charge in [0.15, 0.2) is 0 Å². The number of nitrogens with one attached hydrogen (secondary N) is 3. The molecule has 0 aliphatic carbocycles. The number of aromatic nitrogens is 2. The zero-order chi connectivity index (χ0) is 25.9. The number of anilines is 2. The second-order valence-electron chi connectivity index (χ2n) is 8.23. The minimum Gasteiger partial charge on any atom is -0.384 e. The summed E-state index contributed by atoms with van der Waals surface area (Å²) >= 11 is 0. The lowest BCUT2D eigenvalue weighted by molar-refractivity contribution is -0.137. The first-order valence-electron chi connectivity index (χ1n) is 11.0. The number of ether oxygens (including phenoxy) is 1. The molecular formula is C24H24F3N7O2. The van der Waals surface area contributed by atoms with E-state index in [0.29, 0.717) is 23.9 Å². The van der Waals surface area contributed by atoms with Crippen LogP contribution in [0.15, 0.2) is 48.8 Å². The maximum Gasteiger partial charge on any atom is 0.417 e. The van der Waals surface area contributed by atoms with E-state index in [0.717, 1.165) is 23.6 Å². The average molecular weight is 499 g/mol. The summed E-state index contributed by atoms with van der Waals surface area (Å²) in [5, 5.41) is 13.2. The molecule has 188 valence electrons. The molecule has 3 aromatic rings. The lowest BCUT2D eigenvalue weighted by atomic mass is 10.0. The molecule has 1 fully saturated rings. The van der Waals surface area contributed by atoms with Gasteiger partial charge in [-0.15, -0.1) is 0 Å². The van der Waals surface area contributed by atoms with Gasteiger partial charge < -0.3 is 26.8 Å². The fraction of sp³-hybridized carbons (Fsp3) is 0.250. The largest absolute Gasteiger partial charge is 0.417 e. The summed E-state index contributed by atoms with van der Waals surface area (Å²) < 4.78 is 44.9. The van der Waals surface area contributed by atoms with Crippen molar-refractivity contribution in [2.75, 3.05) is 24.2 Å². The highest BCUT2D eigenvalue weighted by atomic mass is 19.4. The van der Waals surface area contributed by atoms with Crippen LogP contribution in [0.5, 0.6) is 0 Å². The first kappa shape index (κ1) is 24.9. The fourth-order valence-corrected chi connectivity index (χ4v) is 3.53. The number of carbonyl (C=O) groups is 1. The van der Waals surface area contributed by atoms with Gasteiger partial charge in [-0.1, -0.05) is 24.3 Å². The van der Waals surface area contributed by atoms with Crippen LogP contribution in [-0.4, -0.2) is 41.0 Å². The van der Waals surface area contributed by atoms with Crippen molar-refractivity contribution in [3.8, 4) is 11.1 Å². The number of benzene rings is 1. The van der Waals surface area contributed by atoms with E-state index in [1.807, 2.05) is 24.3 Å². The number of hydrogen-bond donors (Lipinski definition) is 5. The van der Waals surface area contributed by atoms with Crippen LogP contribution < -0.4 is 22.1 Å². The van der Waals surface area contributed by atoms with Crippen LogP contribution in [0.4, 0.5) is 24.8 Å². The van der Waals surface area contributed by atoms with Crippen LogP contribution in [0.1, 0.15) is 33.5 Å². The first-order valence-corrected chi connectivity index (χ1v) is 11.0. The van der Waals surface area contributed by atoms with Gasteiger partial charge in [-0.05, 0) is 29.7 Å². The highest BCUT2D eigenvalue weighted by Crippen LogP contribution is 2.31. The van der Waals surface area contributed by atoms with Crippen molar-refractivity contribution in [1.29, 1.82) is 5.41 Å². The molecule has 1 aliphatic rings. The van der Waals surface area contributed by atoms with E-state index >= 15 is 0 Å². The Kier molecular flexibility index (Phi) is 7.06. The first-order chi connectivity index (χ1) is 17.1. The smallest absolute Gasteiger partial charge is 0.384 e. The highest BCUT2D eigenvalue weighted by molar-refractivity contribution is 6.00. The summed E-state index contributed by atoms with van der Waals surface area (Å²) in [7, 11) is 0. The zero-order valence-corrected chi connectivity index (χ0v) is 19.0. The number of amidine groups is 1. The van der Waals surface area contributed by atoms with Gasteiger partial charge >= 0.3 is 6.18 Å². The van der Waals surface area contributed by atoms with Gasteiger partial charge in [0.2, 0.25) is 0 Å².